The molecule has 22 nitrogen and oxygen atoms in total. The largest absolute Gasteiger partial charge is 0.490 e. The fraction of sp³-hybridized carbons (Fsp3) is 0.424. The number of fused-ring (bicyclic) bond motifs is 3. The lowest BCUT2D eigenvalue weighted by atomic mass is 10.0. The third-order valence-electron chi connectivity index (χ3n) is 21.3. The third kappa shape index (κ3) is 18.9. The van der Waals surface area contributed by atoms with Crippen molar-refractivity contribution in [1.82, 2.24) is 55.1 Å². The van der Waals surface area contributed by atoms with E-state index in [1.807, 2.05) is 124 Å². The van der Waals surface area contributed by atoms with E-state index < -0.39 is 10.0 Å². The average Bonchev–Trinajstić information content (AvgIpc) is 1.63. The van der Waals surface area contributed by atoms with Gasteiger partial charge in [-0.05, 0) is 238 Å². The second kappa shape index (κ2) is 35.4. The topological polar surface area (TPSA) is 288 Å². The molecule has 2 aliphatic heterocycles. The van der Waals surface area contributed by atoms with Crippen LogP contribution in [0.5, 0.6) is 17.2 Å². The Morgan fingerprint density at radius 1 is 0.559 bits per heavy atom. The lowest BCUT2D eigenvalue weighted by Crippen LogP contribution is -2.51. The predicted molar refractivity (Wildman–Crippen MR) is 436 cm³/mol. The summed E-state index contributed by atoms with van der Waals surface area (Å²) in [5, 5.41) is 57.1. The van der Waals surface area contributed by atoms with E-state index >= 15 is 0 Å². The van der Waals surface area contributed by atoms with Crippen LogP contribution in [0.2, 0.25) is 0 Å². The summed E-state index contributed by atoms with van der Waals surface area (Å²) in [7, 11) is 2.80. The molecule has 5 heterocycles. The number of amides is 4. The van der Waals surface area contributed by atoms with Gasteiger partial charge in [0.15, 0.2) is 0 Å². The molecule has 15 rings (SSSR count). The Balaban J connectivity index is 0.000000146. The minimum absolute atomic E-state index is 0.00325. The van der Waals surface area contributed by atoms with Gasteiger partial charge in [-0.15, -0.1) is 32.9 Å². The van der Waals surface area contributed by atoms with Crippen LogP contribution in [0.3, 0.4) is 0 Å². The molecule has 26 heteroatoms. The van der Waals surface area contributed by atoms with E-state index in [1.54, 1.807) is 34.8 Å². The van der Waals surface area contributed by atoms with Crippen LogP contribution in [0.1, 0.15) is 161 Å². The first-order chi connectivity index (χ1) is 53.5. The van der Waals surface area contributed by atoms with Gasteiger partial charge in [0.25, 0.3) is 0 Å². The molecule has 9 aromatic rings. The fourth-order valence-corrected chi connectivity index (χ4v) is 19.9. The number of carbonyl (C=O) groups excluding carboxylic acids is 2. The van der Waals surface area contributed by atoms with Gasteiger partial charge in [0.2, 0.25) is 10.0 Å². The highest BCUT2D eigenvalue weighted by atomic mass is 32.2. The molecule has 3 fully saturated rings. The summed E-state index contributed by atoms with van der Waals surface area (Å²) in [4.78, 5) is 45.7. The summed E-state index contributed by atoms with van der Waals surface area (Å²) in [5.74, 6) is 2.10. The number of likely N-dealkylation sites (tertiary alicyclic amines) is 1. The maximum atomic E-state index is 13.0. The summed E-state index contributed by atoms with van der Waals surface area (Å²) >= 11 is 4.69. The van der Waals surface area contributed by atoms with E-state index in [2.05, 4.69) is 121 Å². The van der Waals surface area contributed by atoms with Crippen molar-refractivity contribution in [2.75, 3.05) is 66.2 Å². The lowest BCUT2D eigenvalue weighted by Gasteiger charge is -2.33. The molecule has 1 unspecified atom stereocenters. The first-order valence-electron chi connectivity index (χ1n) is 38.4. The van der Waals surface area contributed by atoms with E-state index in [0.29, 0.717) is 64.3 Å². The molecule has 0 spiro atoms. The van der Waals surface area contributed by atoms with Crippen molar-refractivity contribution in [3.8, 4) is 98.6 Å². The number of rotatable bonds is 20. The molecule has 0 bridgehead atoms. The smallest absolute Gasteiger partial charge is 0.317 e. The zero-order valence-electron chi connectivity index (χ0n) is 64.3. The maximum absolute atomic E-state index is 13.0. The molecule has 6 aromatic carbocycles. The number of benzene rings is 6. The van der Waals surface area contributed by atoms with Crippen LogP contribution < -0.4 is 29.6 Å². The molecule has 1 saturated carbocycles. The molecule has 2 saturated heterocycles. The molecular weight excluding hydrogens is 1470 g/mol. The molecule has 3 aromatic heterocycles. The van der Waals surface area contributed by atoms with Crippen LogP contribution in [0.15, 0.2) is 122 Å². The van der Waals surface area contributed by atoms with Crippen molar-refractivity contribution in [2.24, 2.45) is 5.92 Å². The van der Waals surface area contributed by atoms with Crippen molar-refractivity contribution < 1.29 is 37.3 Å². The molecule has 4 N–H and O–H groups in total. The number of carbonyl (C=O) groups is 2. The van der Waals surface area contributed by atoms with Crippen LogP contribution in [-0.4, -0.2) is 162 Å². The first kappa shape index (κ1) is 79.4. The van der Waals surface area contributed by atoms with Gasteiger partial charge in [0.05, 0.1) is 68.7 Å². The normalized spacial score (nSPS) is 19.2. The van der Waals surface area contributed by atoms with Gasteiger partial charge in [-0.3, -0.25) is 0 Å². The Labute approximate surface area is 663 Å². The number of nitrogens with one attached hydrogen (secondary N) is 3. The van der Waals surface area contributed by atoms with Gasteiger partial charge in [0, 0.05) is 86.0 Å². The highest BCUT2D eigenvalue weighted by molar-refractivity contribution is 7.89. The number of aromatic nitrogens is 4. The monoisotopic (exact) mass is 1570 g/mol. The number of sulfonamides is 1. The SMILES string of the molecule is CC(C)Oc1ccc(-c2ncc(-c3cccc4c3CC[C@@H]4NC(=O)N3CCN(C)CC3)s2)cc1C#N.CC(C)Oc1ccc(-c2ncc(-c3cccc4c3CC[C@H]4NC(=O)N3CC[C@H](N(C)C)C3)s2)cc1C#N.CC(C)Oc1ccc(-c2nnc(-c3cccc4c3CC[C@@H]4NS(=O)(=O)CCC3CC[C@@H](O)C3)s2)cc1C#N. The summed E-state index contributed by atoms with van der Waals surface area (Å²) in [6.45, 7) is 16.6. The van der Waals surface area contributed by atoms with Gasteiger partial charge in [0.1, 0.15) is 55.5 Å². The van der Waals surface area contributed by atoms with Gasteiger partial charge < -0.3 is 49.6 Å². The van der Waals surface area contributed by atoms with Crippen molar-refractivity contribution >= 4 is 56.1 Å². The summed E-state index contributed by atoms with van der Waals surface area (Å²) in [6.07, 6.45) is 12.6. The molecule has 4 aliphatic carbocycles. The molecular formula is C85H96N14O8S4. The Morgan fingerprint density at radius 3 is 1.47 bits per heavy atom. The number of ether oxygens (including phenoxy) is 3. The molecule has 6 atom stereocenters. The number of likely N-dealkylation sites (N-methyl/N-ethyl adjacent to an activating group) is 2. The maximum Gasteiger partial charge on any atom is 0.317 e. The number of aliphatic hydroxyl groups excluding tert-OH is 1. The Morgan fingerprint density at radius 2 is 1.01 bits per heavy atom. The molecule has 6 aliphatic rings. The standard InChI is InChI=1S/C29H33N5O2S.C28H31N5O2S.C28H32N4O4S2/c1-18(2)36-26-11-8-19(14-20(26)15-30)28-31-16-27(37-28)24-7-5-6-23-22(24)9-10-25(23)32-29(35)34-13-12-21(17-34)33(3)4;1-18(2)35-25-10-7-19(15-20(25)16-29)27-30-17-26(36-27)23-6-4-5-22-21(23)8-9-24(22)31-28(34)33-13-11-32(3)12-14-33;1-17(2)36-26-11-7-19(15-20(26)16-29)27-30-31-28(37-27)24-5-3-4-23-22(24)9-10-25(23)32-38(34,35)13-12-18-6-8-21(33)14-18/h5-8,11,14,16,18,21,25H,9-10,12-13,17H2,1-4H3,(H,32,35);4-7,10,15,17-18,24H,8-9,11-14H2,1-3H3,(H,31,34);3-5,7,11,15,17-18,21,25,32-33H,6,8-10,12-14H2,1-2H3/t21-,25+;24-;18?,21-,25+/m001/s1. The number of nitriles is 3. The number of hydrogen-bond donors (Lipinski definition) is 4. The van der Waals surface area contributed by atoms with E-state index in [-0.39, 0.29) is 66.3 Å². The average molecular weight is 1570 g/mol. The number of nitrogens with zero attached hydrogens (tertiary/aromatic N) is 11. The molecule has 578 valence electrons. The van der Waals surface area contributed by atoms with Gasteiger partial charge in [-0.25, -0.2) is 32.7 Å². The summed E-state index contributed by atoms with van der Waals surface area (Å²) in [5.41, 5.74) is 14.5. The molecule has 0 radical (unpaired) electrons. The second-order valence-corrected chi connectivity index (χ2v) is 35.3. The Bertz CT molecular complexity index is 5100. The van der Waals surface area contributed by atoms with E-state index in [4.69, 9.17) is 14.2 Å². The van der Waals surface area contributed by atoms with Crippen LogP contribution in [0.25, 0.3) is 63.2 Å². The van der Waals surface area contributed by atoms with Crippen LogP contribution >= 0.6 is 34.0 Å². The van der Waals surface area contributed by atoms with Crippen molar-refractivity contribution in [1.29, 1.82) is 15.8 Å². The fourth-order valence-electron chi connectivity index (χ4n) is 15.6. The zero-order valence-corrected chi connectivity index (χ0v) is 67.6. The lowest BCUT2D eigenvalue weighted by molar-refractivity contribution is 0.151. The summed E-state index contributed by atoms with van der Waals surface area (Å²) in [6, 6.07) is 42.4. The highest BCUT2D eigenvalue weighted by Crippen LogP contribution is 2.46. The van der Waals surface area contributed by atoms with Crippen molar-refractivity contribution in [2.45, 2.75) is 161 Å². The summed E-state index contributed by atoms with van der Waals surface area (Å²) < 4.78 is 45.9. The van der Waals surface area contributed by atoms with Crippen molar-refractivity contribution in [3.63, 3.8) is 0 Å². The first-order valence-corrected chi connectivity index (χ1v) is 42.5. The van der Waals surface area contributed by atoms with Gasteiger partial charge in [-0.1, -0.05) is 65.9 Å². The number of thiazole rings is 2. The number of urea groups is 2. The van der Waals surface area contributed by atoms with Crippen molar-refractivity contribution in [3.05, 3.63) is 172 Å². The van der Waals surface area contributed by atoms with Crippen LogP contribution in [0, 0.1) is 39.9 Å². The Hall–Kier alpha value is -9.66. The predicted octanol–water partition coefficient (Wildman–Crippen LogP) is 15.5. The van der Waals surface area contributed by atoms with Crippen LogP contribution in [-0.2, 0) is 29.3 Å². The van der Waals surface area contributed by atoms with E-state index in [0.717, 1.165) is 149 Å². The number of piperazine rings is 1. The molecule has 4 amide bonds. The quantitative estimate of drug-likeness (QED) is 0.0551. The number of hydrogen-bond acceptors (Lipinski definition) is 20. The minimum Gasteiger partial charge on any atom is -0.490 e. The van der Waals surface area contributed by atoms with Crippen LogP contribution in [0.4, 0.5) is 9.59 Å². The third-order valence-corrected chi connectivity index (χ3v) is 25.9. The minimum atomic E-state index is -3.43. The second-order valence-electron chi connectivity index (χ2n) is 30.4. The highest BCUT2D eigenvalue weighted by Gasteiger charge is 2.35. The zero-order chi connectivity index (χ0) is 78.2. The van der Waals surface area contributed by atoms with Gasteiger partial charge in [-0.2, -0.15) is 15.8 Å². The Kier molecular flexibility index (Phi) is 25.3. The van der Waals surface area contributed by atoms with E-state index in [1.165, 1.54) is 44.7 Å². The van der Waals surface area contributed by atoms with E-state index in [9.17, 15) is 38.9 Å². The molecule has 111 heavy (non-hydrogen) atoms. The number of aliphatic hydroxyl groups is 1. The van der Waals surface area contributed by atoms with Gasteiger partial charge >= 0.3 is 12.1 Å².